The lowest BCUT2D eigenvalue weighted by atomic mass is 10.2. The van der Waals surface area contributed by atoms with Crippen molar-refractivity contribution in [2.45, 2.75) is 25.5 Å². The largest absolute Gasteiger partial charge is 0.223 e. The SMILES string of the molecule is CC(C)(C)S/N=C/c1cc(F)cc(F)c1. The van der Waals surface area contributed by atoms with Gasteiger partial charge >= 0.3 is 0 Å². The van der Waals surface area contributed by atoms with Gasteiger partial charge in [0.15, 0.2) is 0 Å². The molecule has 0 amide bonds. The van der Waals surface area contributed by atoms with Gasteiger partial charge in [-0.1, -0.05) is 0 Å². The fourth-order valence-electron chi connectivity index (χ4n) is 0.895. The molecule has 0 aromatic heterocycles. The Balaban J connectivity index is 2.72. The Hall–Kier alpha value is -0.900. The smallest absolute Gasteiger partial charge is 0.126 e. The summed E-state index contributed by atoms with van der Waals surface area (Å²) in [5.74, 6) is -1.17. The van der Waals surface area contributed by atoms with E-state index in [1.54, 1.807) is 0 Å². The van der Waals surface area contributed by atoms with E-state index in [-0.39, 0.29) is 4.75 Å². The third-order valence-electron chi connectivity index (χ3n) is 1.41. The van der Waals surface area contributed by atoms with Crippen molar-refractivity contribution in [3.05, 3.63) is 35.4 Å². The molecule has 4 heteroatoms. The highest BCUT2D eigenvalue weighted by molar-refractivity contribution is 7.99. The lowest BCUT2D eigenvalue weighted by molar-refractivity contribution is 0.583. The van der Waals surface area contributed by atoms with Crippen molar-refractivity contribution < 1.29 is 8.78 Å². The van der Waals surface area contributed by atoms with E-state index >= 15 is 0 Å². The predicted octanol–water partition coefficient (Wildman–Crippen LogP) is 3.83. The lowest BCUT2D eigenvalue weighted by Crippen LogP contribution is -2.05. The van der Waals surface area contributed by atoms with Crippen molar-refractivity contribution in [1.29, 1.82) is 0 Å². The summed E-state index contributed by atoms with van der Waals surface area (Å²) in [5.41, 5.74) is 0.434. The first-order valence-electron chi connectivity index (χ1n) is 4.54. The number of hydrogen-bond acceptors (Lipinski definition) is 2. The molecule has 0 fully saturated rings. The minimum absolute atomic E-state index is 0.00235. The van der Waals surface area contributed by atoms with Gasteiger partial charge in [-0.3, -0.25) is 0 Å². The summed E-state index contributed by atoms with van der Waals surface area (Å²) in [6.07, 6.45) is 1.46. The molecule has 0 radical (unpaired) electrons. The van der Waals surface area contributed by atoms with E-state index in [4.69, 9.17) is 0 Å². The molecule has 0 bridgehead atoms. The Morgan fingerprint density at radius 3 is 2.13 bits per heavy atom. The maximum Gasteiger partial charge on any atom is 0.126 e. The van der Waals surface area contributed by atoms with E-state index in [1.807, 2.05) is 20.8 Å². The Labute approximate surface area is 92.7 Å². The molecule has 0 aliphatic heterocycles. The van der Waals surface area contributed by atoms with Gasteiger partial charge in [0, 0.05) is 17.0 Å². The molecule has 0 aliphatic carbocycles. The van der Waals surface area contributed by atoms with Crippen LogP contribution in [0.15, 0.2) is 22.6 Å². The van der Waals surface area contributed by atoms with Gasteiger partial charge in [0.1, 0.15) is 11.6 Å². The molecule has 0 unspecified atom stereocenters. The van der Waals surface area contributed by atoms with E-state index in [0.717, 1.165) is 6.07 Å². The molecule has 0 saturated heterocycles. The van der Waals surface area contributed by atoms with Gasteiger partial charge in [-0.25, -0.2) is 13.2 Å². The Morgan fingerprint density at radius 1 is 1.13 bits per heavy atom. The van der Waals surface area contributed by atoms with Gasteiger partial charge in [-0.15, -0.1) is 0 Å². The predicted molar refractivity (Wildman–Crippen MR) is 61.3 cm³/mol. The zero-order valence-electron chi connectivity index (χ0n) is 8.92. The molecule has 0 aliphatic rings. The molecule has 1 aromatic rings. The van der Waals surface area contributed by atoms with E-state index in [9.17, 15) is 8.78 Å². The van der Waals surface area contributed by atoms with Gasteiger partial charge in [0.05, 0.1) is 0 Å². The van der Waals surface area contributed by atoms with Crippen LogP contribution in [0.25, 0.3) is 0 Å². The first-order valence-corrected chi connectivity index (χ1v) is 5.32. The molecular formula is C11H13F2NS. The highest BCUT2D eigenvalue weighted by Crippen LogP contribution is 2.23. The number of benzene rings is 1. The van der Waals surface area contributed by atoms with Crippen molar-refractivity contribution in [2.24, 2.45) is 4.40 Å². The Kier molecular flexibility index (Phi) is 3.85. The molecule has 0 heterocycles. The van der Waals surface area contributed by atoms with Crippen LogP contribution in [0.3, 0.4) is 0 Å². The maximum atomic E-state index is 12.8. The fourth-order valence-corrected chi connectivity index (χ4v) is 1.39. The van der Waals surface area contributed by atoms with E-state index < -0.39 is 11.6 Å². The summed E-state index contributed by atoms with van der Waals surface area (Å²) in [4.78, 5) is 0. The normalized spacial score (nSPS) is 12.3. The van der Waals surface area contributed by atoms with Crippen molar-refractivity contribution in [3.8, 4) is 0 Å². The number of nitrogens with zero attached hydrogens (tertiary/aromatic N) is 1. The molecule has 1 nitrogen and oxygen atoms in total. The molecule has 0 spiro atoms. The van der Waals surface area contributed by atoms with E-state index in [2.05, 4.69) is 4.40 Å². The molecule has 1 aromatic carbocycles. The summed E-state index contributed by atoms with van der Waals surface area (Å²) in [7, 11) is 0. The quantitative estimate of drug-likeness (QED) is 0.554. The van der Waals surface area contributed by atoms with Crippen LogP contribution in [-0.4, -0.2) is 11.0 Å². The van der Waals surface area contributed by atoms with Crippen LogP contribution in [0.5, 0.6) is 0 Å². The molecule has 0 saturated carbocycles. The van der Waals surface area contributed by atoms with Gasteiger partial charge < -0.3 is 0 Å². The molecular weight excluding hydrogens is 216 g/mol. The summed E-state index contributed by atoms with van der Waals surface area (Å²) in [6.45, 7) is 6.05. The van der Waals surface area contributed by atoms with Gasteiger partial charge in [-0.2, -0.15) is 0 Å². The average Bonchev–Trinajstić information content (AvgIpc) is 1.99. The number of rotatable bonds is 2. The third kappa shape index (κ3) is 4.93. The number of hydrogen-bond donors (Lipinski definition) is 0. The van der Waals surface area contributed by atoms with Crippen molar-refractivity contribution in [2.75, 3.05) is 0 Å². The highest BCUT2D eigenvalue weighted by Gasteiger charge is 2.09. The summed E-state index contributed by atoms with van der Waals surface area (Å²) >= 11 is 1.36. The number of halogens is 2. The van der Waals surface area contributed by atoms with E-state index in [1.165, 1.54) is 30.3 Å². The van der Waals surface area contributed by atoms with Gasteiger partial charge in [-0.05, 0) is 50.4 Å². The van der Waals surface area contributed by atoms with Crippen LogP contribution >= 0.6 is 11.9 Å². The molecule has 82 valence electrons. The summed E-state index contributed by atoms with van der Waals surface area (Å²) in [6, 6.07) is 3.33. The molecule has 0 N–H and O–H groups in total. The minimum Gasteiger partial charge on any atom is -0.223 e. The van der Waals surface area contributed by atoms with Crippen molar-refractivity contribution in [3.63, 3.8) is 0 Å². The zero-order chi connectivity index (χ0) is 11.5. The van der Waals surface area contributed by atoms with Gasteiger partial charge in [0.2, 0.25) is 0 Å². The highest BCUT2D eigenvalue weighted by atomic mass is 32.2. The second-order valence-corrected chi connectivity index (χ2v) is 5.76. The topological polar surface area (TPSA) is 12.4 Å². The third-order valence-corrected chi connectivity index (χ3v) is 2.17. The van der Waals surface area contributed by atoms with Gasteiger partial charge in [0.25, 0.3) is 0 Å². The fraction of sp³-hybridized carbons (Fsp3) is 0.364. The molecule has 0 atom stereocenters. The molecule has 15 heavy (non-hydrogen) atoms. The van der Waals surface area contributed by atoms with Crippen LogP contribution in [0.4, 0.5) is 8.78 Å². The monoisotopic (exact) mass is 229 g/mol. The Morgan fingerprint density at radius 2 is 1.67 bits per heavy atom. The van der Waals surface area contributed by atoms with E-state index in [0.29, 0.717) is 5.56 Å². The zero-order valence-corrected chi connectivity index (χ0v) is 9.74. The maximum absolute atomic E-state index is 12.8. The second-order valence-electron chi connectivity index (χ2n) is 4.14. The van der Waals surface area contributed by atoms with Crippen LogP contribution < -0.4 is 0 Å². The lowest BCUT2D eigenvalue weighted by Gasteiger charge is -2.12. The van der Waals surface area contributed by atoms with Crippen LogP contribution in [0, 0.1) is 11.6 Å². The Bertz CT molecular complexity index is 349. The first kappa shape index (κ1) is 12.2. The van der Waals surface area contributed by atoms with Crippen LogP contribution in [0.1, 0.15) is 26.3 Å². The van der Waals surface area contributed by atoms with Crippen molar-refractivity contribution >= 4 is 18.2 Å². The standard InChI is InChI=1S/C11H13F2NS/c1-11(2,3)15-14-7-8-4-9(12)6-10(13)5-8/h4-7H,1-3H3/b14-7+. The average molecular weight is 229 g/mol. The first-order chi connectivity index (χ1) is 6.87. The van der Waals surface area contributed by atoms with Crippen LogP contribution in [0.2, 0.25) is 0 Å². The summed E-state index contributed by atoms with van der Waals surface area (Å²) in [5, 5.41) is 0. The second kappa shape index (κ2) is 4.75. The van der Waals surface area contributed by atoms with Crippen LogP contribution in [-0.2, 0) is 0 Å². The minimum atomic E-state index is -0.586. The summed E-state index contributed by atoms with van der Waals surface area (Å²) < 4.78 is 29.6. The van der Waals surface area contributed by atoms with Crippen molar-refractivity contribution in [1.82, 2.24) is 0 Å². The molecule has 1 rings (SSSR count).